The summed E-state index contributed by atoms with van der Waals surface area (Å²) in [6.45, 7) is 0.420. The first kappa shape index (κ1) is 14.1. The van der Waals surface area contributed by atoms with Crippen molar-refractivity contribution in [3.63, 3.8) is 0 Å². The normalized spacial score (nSPS) is 11.1. The molecule has 3 aromatic rings. The highest BCUT2D eigenvalue weighted by Gasteiger charge is 2.15. The Balaban J connectivity index is 2.03. The summed E-state index contributed by atoms with van der Waals surface area (Å²) >= 11 is 4.50. The van der Waals surface area contributed by atoms with Crippen LogP contribution in [0.2, 0.25) is 0 Å². The minimum atomic E-state index is -0.894. The lowest BCUT2D eigenvalue weighted by Crippen LogP contribution is -2.05. The molecule has 21 heavy (non-hydrogen) atoms. The molecule has 0 atom stereocenters. The van der Waals surface area contributed by atoms with Crippen LogP contribution >= 0.6 is 27.7 Å². The van der Waals surface area contributed by atoms with Gasteiger partial charge in [0.1, 0.15) is 17.5 Å². The lowest BCUT2D eigenvalue weighted by Gasteiger charge is -2.05. The van der Waals surface area contributed by atoms with Crippen LogP contribution in [0.3, 0.4) is 0 Å². The van der Waals surface area contributed by atoms with Gasteiger partial charge in [-0.3, -0.25) is 9.36 Å². The van der Waals surface area contributed by atoms with Gasteiger partial charge >= 0.3 is 5.97 Å². The van der Waals surface area contributed by atoms with E-state index in [0.717, 1.165) is 21.9 Å². The molecule has 0 saturated heterocycles. The van der Waals surface area contributed by atoms with Crippen LogP contribution in [0.5, 0.6) is 0 Å². The van der Waals surface area contributed by atoms with Crippen LogP contribution in [-0.2, 0) is 11.3 Å². The summed E-state index contributed by atoms with van der Waals surface area (Å²) in [7, 11) is 0. The van der Waals surface area contributed by atoms with E-state index in [1.165, 1.54) is 6.26 Å². The fraction of sp³-hybridized carbons (Fsp3) is 0.167. The molecule has 0 unspecified atom stereocenters. The lowest BCUT2D eigenvalue weighted by atomic mass is 10.4. The molecule has 3 rings (SSSR count). The first-order valence-corrected chi connectivity index (χ1v) is 7.67. The second-order valence-corrected chi connectivity index (χ2v) is 6.01. The Bertz CT molecular complexity index is 787. The molecule has 0 aliphatic rings. The molecule has 0 spiro atoms. The molecule has 9 heteroatoms. The number of hydrogen-bond acceptors (Lipinski definition) is 6. The Kier molecular flexibility index (Phi) is 3.93. The summed E-state index contributed by atoms with van der Waals surface area (Å²) in [5, 5.41) is 13.3. The topological polar surface area (TPSA) is 94.0 Å². The predicted octanol–water partition coefficient (Wildman–Crippen LogP) is 2.41. The van der Waals surface area contributed by atoms with E-state index in [0.29, 0.717) is 22.9 Å². The minimum absolute atomic E-state index is 0.0662. The number of carboxylic acids is 1. The number of imidazole rings is 1. The van der Waals surface area contributed by atoms with E-state index in [2.05, 4.69) is 31.1 Å². The molecule has 7 nitrogen and oxygen atoms in total. The Morgan fingerprint density at radius 1 is 1.52 bits per heavy atom. The average Bonchev–Trinajstić information content (AvgIpc) is 3.05. The van der Waals surface area contributed by atoms with Crippen molar-refractivity contribution in [2.75, 3.05) is 5.75 Å². The quantitative estimate of drug-likeness (QED) is 0.690. The zero-order valence-corrected chi connectivity index (χ0v) is 13.0. The van der Waals surface area contributed by atoms with E-state index in [1.807, 2.05) is 10.6 Å². The SMILES string of the molecule is O=C(O)CSc1nc2cc(Br)cnc2n1Cc1ccon1. The van der Waals surface area contributed by atoms with Crippen LogP contribution in [0, 0.1) is 0 Å². The van der Waals surface area contributed by atoms with Gasteiger partial charge in [0.25, 0.3) is 0 Å². The van der Waals surface area contributed by atoms with Crippen molar-refractivity contribution >= 4 is 44.8 Å². The van der Waals surface area contributed by atoms with Crippen molar-refractivity contribution in [1.29, 1.82) is 0 Å². The van der Waals surface area contributed by atoms with Gasteiger partial charge < -0.3 is 9.63 Å². The van der Waals surface area contributed by atoms with Gasteiger partial charge in [-0.2, -0.15) is 0 Å². The zero-order valence-electron chi connectivity index (χ0n) is 10.6. The maximum Gasteiger partial charge on any atom is 0.313 e. The van der Waals surface area contributed by atoms with Crippen molar-refractivity contribution < 1.29 is 14.4 Å². The van der Waals surface area contributed by atoms with Crippen LogP contribution in [0.25, 0.3) is 11.2 Å². The third kappa shape index (κ3) is 3.08. The molecule has 0 aromatic carbocycles. The number of aromatic nitrogens is 4. The highest BCUT2D eigenvalue weighted by molar-refractivity contribution is 9.10. The second kappa shape index (κ2) is 5.86. The number of nitrogens with zero attached hydrogens (tertiary/aromatic N) is 4. The standard InChI is InChI=1S/C12H9BrN4O3S/c13-7-3-9-11(14-4-7)17(5-8-1-2-20-16-8)12(15-9)21-6-10(18)19/h1-4H,5-6H2,(H,18,19). The van der Waals surface area contributed by atoms with E-state index in [1.54, 1.807) is 12.3 Å². The molecule has 0 fully saturated rings. The molecule has 0 radical (unpaired) electrons. The van der Waals surface area contributed by atoms with Gasteiger partial charge in [-0.25, -0.2) is 9.97 Å². The van der Waals surface area contributed by atoms with Gasteiger partial charge in [-0.15, -0.1) is 0 Å². The summed E-state index contributed by atoms with van der Waals surface area (Å²) in [5.41, 5.74) is 2.09. The van der Waals surface area contributed by atoms with Crippen molar-refractivity contribution in [1.82, 2.24) is 19.7 Å². The number of aliphatic carboxylic acids is 1. The third-order valence-corrected chi connectivity index (χ3v) is 4.05. The first-order chi connectivity index (χ1) is 10.1. The molecule has 0 saturated carbocycles. The Morgan fingerprint density at radius 2 is 2.38 bits per heavy atom. The van der Waals surface area contributed by atoms with E-state index >= 15 is 0 Å². The first-order valence-electron chi connectivity index (χ1n) is 5.89. The van der Waals surface area contributed by atoms with Crippen LogP contribution in [0.1, 0.15) is 5.69 Å². The van der Waals surface area contributed by atoms with Crippen molar-refractivity contribution in [2.45, 2.75) is 11.7 Å². The summed E-state index contributed by atoms with van der Waals surface area (Å²) in [4.78, 5) is 19.5. The number of fused-ring (bicyclic) bond motifs is 1. The number of rotatable bonds is 5. The Labute approximate surface area is 131 Å². The lowest BCUT2D eigenvalue weighted by molar-refractivity contribution is -0.133. The minimum Gasteiger partial charge on any atom is -0.481 e. The molecule has 0 bridgehead atoms. The van der Waals surface area contributed by atoms with Crippen LogP contribution in [-0.4, -0.2) is 36.5 Å². The van der Waals surface area contributed by atoms with Gasteiger partial charge in [0.15, 0.2) is 10.8 Å². The fourth-order valence-corrected chi connectivity index (χ4v) is 2.87. The number of pyridine rings is 1. The largest absolute Gasteiger partial charge is 0.481 e. The summed E-state index contributed by atoms with van der Waals surface area (Å²) in [6, 6.07) is 3.59. The number of thioether (sulfide) groups is 1. The third-order valence-electron chi connectivity index (χ3n) is 2.65. The second-order valence-electron chi connectivity index (χ2n) is 4.15. The van der Waals surface area contributed by atoms with Gasteiger partial charge in [-0.1, -0.05) is 16.9 Å². The smallest absolute Gasteiger partial charge is 0.313 e. The zero-order chi connectivity index (χ0) is 14.8. The predicted molar refractivity (Wildman–Crippen MR) is 79.2 cm³/mol. The molecule has 1 N–H and O–H groups in total. The maximum absolute atomic E-state index is 10.8. The van der Waals surface area contributed by atoms with Crippen molar-refractivity contribution in [3.05, 3.63) is 34.8 Å². The highest BCUT2D eigenvalue weighted by Crippen LogP contribution is 2.25. The molecule has 0 aliphatic carbocycles. The van der Waals surface area contributed by atoms with Crippen molar-refractivity contribution in [3.8, 4) is 0 Å². The van der Waals surface area contributed by atoms with Gasteiger partial charge in [0.2, 0.25) is 0 Å². The van der Waals surface area contributed by atoms with E-state index in [9.17, 15) is 4.79 Å². The van der Waals surface area contributed by atoms with Crippen LogP contribution in [0.15, 0.2) is 38.7 Å². The average molecular weight is 369 g/mol. The molecule has 108 valence electrons. The number of carbonyl (C=O) groups is 1. The molecule has 3 heterocycles. The molecular formula is C12H9BrN4O3S. The van der Waals surface area contributed by atoms with E-state index in [4.69, 9.17) is 9.63 Å². The number of halogens is 1. The monoisotopic (exact) mass is 368 g/mol. The Morgan fingerprint density at radius 3 is 3.10 bits per heavy atom. The summed E-state index contributed by atoms with van der Waals surface area (Å²) in [6.07, 6.45) is 3.16. The maximum atomic E-state index is 10.8. The fourth-order valence-electron chi connectivity index (χ4n) is 1.83. The van der Waals surface area contributed by atoms with Gasteiger partial charge in [0, 0.05) is 16.7 Å². The van der Waals surface area contributed by atoms with Crippen LogP contribution in [0.4, 0.5) is 0 Å². The number of carboxylic acid groups (broad SMARTS) is 1. The van der Waals surface area contributed by atoms with Crippen molar-refractivity contribution in [2.24, 2.45) is 0 Å². The van der Waals surface area contributed by atoms with Gasteiger partial charge in [-0.05, 0) is 22.0 Å². The van der Waals surface area contributed by atoms with Gasteiger partial charge in [0.05, 0.1) is 12.3 Å². The summed E-state index contributed by atoms with van der Waals surface area (Å²) in [5.74, 6) is -0.960. The Hall–Kier alpha value is -1.87. The molecular weight excluding hydrogens is 360 g/mol. The van der Waals surface area contributed by atoms with Crippen LogP contribution < -0.4 is 0 Å². The highest BCUT2D eigenvalue weighted by atomic mass is 79.9. The molecule has 3 aromatic heterocycles. The van der Waals surface area contributed by atoms with E-state index in [-0.39, 0.29) is 5.75 Å². The molecule has 0 amide bonds. The number of hydrogen-bond donors (Lipinski definition) is 1. The molecule has 0 aliphatic heterocycles. The summed E-state index contributed by atoms with van der Waals surface area (Å²) < 4.78 is 7.46. The van der Waals surface area contributed by atoms with E-state index < -0.39 is 5.97 Å².